The second-order valence-electron chi connectivity index (χ2n) is 5.81. The molecule has 122 valence electrons. The van der Waals surface area contributed by atoms with Crippen LogP contribution in [0.25, 0.3) is 0 Å². The average molecular weight is 305 g/mol. The lowest BCUT2D eigenvalue weighted by molar-refractivity contribution is 0.0238. The zero-order valence-corrected chi connectivity index (χ0v) is 13.8. The van der Waals surface area contributed by atoms with Crippen LogP contribution in [-0.4, -0.2) is 49.5 Å². The van der Waals surface area contributed by atoms with Crippen molar-refractivity contribution in [2.45, 2.75) is 26.5 Å². The summed E-state index contributed by atoms with van der Waals surface area (Å²) in [5.41, 5.74) is 1.16. The molecule has 1 aromatic rings. The van der Waals surface area contributed by atoms with Gasteiger partial charge in [-0.2, -0.15) is 0 Å². The molecule has 1 atom stereocenters. The quantitative estimate of drug-likeness (QED) is 0.531. The van der Waals surface area contributed by atoms with Crippen LogP contribution in [0.3, 0.4) is 0 Å². The summed E-state index contributed by atoms with van der Waals surface area (Å²) >= 11 is 0. The van der Waals surface area contributed by atoms with Crippen molar-refractivity contribution >= 4 is 0 Å². The maximum atomic E-state index is 10.1. The molecule has 4 heteroatoms. The van der Waals surface area contributed by atoms with Gasteiger partial charge >= 0.3 is 0 Å². The molecule has 22 heavy (non-hydrogen) atoms. The SMILES string of the molecule is C#CCOC[C@H](O)CN(Cc1cccc(OC)c1)CC(C)C. The number of ether oxygens (including phenoxy) is 2. The first-order valence-corrected chi connectivity index (χ1v) is 7.59. The van der Waals surface area contributed by atoms with E-state index in [9.17, 15) is 5.11 Å². The normalized spacial score (nSPS) is 12.4. The van der Waals surface area contributed by atoms with Crippen molar-refractivity contribution in [3.63, 3.8) is 0 Å². The molecule has 1 rings (SSSR count). The summed E-state index contributed by atoms with van der Waals surface area (Å²) in [6, 6.07) is 8.00. The fourth-order valence-corrected chi connectivity index (χ4v) is 2.35. The lowest BCUT2D eigenvalue weighted by Gasteiger charge is -2.26. The van der Waals surface area contributed by atoms with Crippen molar-refractivity contribution in [3.8, 4) is 18.1 Å². The third-order valence-corrected chi connectivity index (χ3v) is 3.13. The Morgan fingerprint density at radius 2 is 2.09 bits per heavy atom. The molecule has 0 aliphatic carbocycles. The molecule has 4 nitrogen and oxygen atoms in total. The second-order valence-corrected chi connectivity index (χ2v) is 5.81. The molecular weight excluding hydrogens is 278 g/mol. The van der Waals surface area contributed by atoms with Crippen molar-refractivity contribution < 1.29 is 14.6 Å². The molecule has 0 fully saturated rings. The minimum absolute atomic E-state index is 0.233. The first-order valence-electron chi connectivity index (χ1n) is 7.59. The predicted octanol–water partition coefficient (Wildman–Crippen LogP) is 2.16. The molecule has 0 heterocycles. The highest BCUT2D eigenvalue weighted by molar-refractivity contribution is 5.28. The molecular formula is C18H27NO3. The Morgan fingerprint density at radius 1 is 1.32 bits per heavy atom. The van der Waals surface area contributed by atoms with Crippen LogP contribution in [0.2, 0.25) is 0 Å². The third kappa shape index (κ3) is 7.46. The number of nitrogens with zero attached hydrogens (tertiary/aromatic N) is 1. The van der Waals surface area contributed by atoms with Gasteiger partial charge in [0.15, 0.2) is 0 Å². The fraction of sp³-hybridized carbons (Fsp3) is 0.556. The predicted molar refractivity (Wildman–Crippen MR) is 88.8 cm³/mol. The van der Waals surface area contributed by atoms with Gasteiger partial charge in [0.1, 0.15) is 12.4 Å². The maximum Gasteiger partial charge on any atom is 0.119 e. The first-order chi connectivity index (χ1) is 10.5. The minimum Gasteiger partial charge on any atom is -0.497 e. The average Bonchev–Trinajstić information content (AvgIpc) is 2.47. The smallest absolute Gasteiger partial charge is 0.119 e. The van der Waals surface area contributed by atoms with Crippen LogP contribution in [0.4, 0.5) is 0 Å². The van der Waals surface area contributed by atoms with Gasteiger partial charge in [0, 0.05) is 19.6 Å². The van der Waals surface area contributed by atoms with Crippen molar-refractivity contribution in [2.75, 3.05) is 33.4 Å². The Bertz CT molecular complexity index is 468. The zero-order chi connectivity index (χ0) is 16.4. The number of terminal acetylenes is 1. The summed E-state index contributed by atoms with van der Waals surface area (Å²) in [7, 11) is 1.66. The third-order valence-electron chi connectivity index (χ3n) is 3.13. The van der Waals surface area contributed by atoms with Crippen LogP contribution < -0.4 is 4.74 Å². The lowest BCUT2D eigenvalue weighted by Crippen LogP contribution is -2.36. The van der Waals surface area contributed by atoms with E-state index in [0.29, 0.717) is 12.5 Å². The zero-order valence-electron chi connectivity index (χ0n) is 13.8. The van der Waals surface area contributed by atoms with E-state index in [-0.39, 0.29) is 13.2 Å². The molecule has 0 bridgehead atoms. The number of aliphatic hydroxyl groups is 1. The van der Waals surface area contributed by atoms with Gasteiger partial charge in [-0.15, -0.1) is 6.42 Å². The molecule has 0 aliphatic rings. The van der Waals surface area contributed by atoms with Crippen LogP contribution in [-0.2, 0) is 11.3 Å². The fourth-order valence-electron chi connectivity index (χ4n) is 2.35. The van der Waals surface area contributed by atoms with E-state index in [2.05, 4.69) is 30.7 Å². The monoisotopic (exact) mass is 305 g/mol. The van der Waals surface area contributed by atoms with Gasteiger partial charge < -0.3 is 14.6 Å². The van der Waals surface area contributed by atoms with E-state index in [1.54, 1.807) is 7.11 Å². The van der Waals surface area contributed by atoms with Gasteiger partial charge in [-0.3, -0.25) is 4.90 Å². The molecule has 0 spiro atoms. The molecule has 0 radical (unpaired) electrons. The van der Waals surface area contributed by atoms with E-state index >= 15 is 0 Å². The van der Waals surface area contributed by atoms with Gasteiger partial charge in [0.25, 0.3) is 0 Å². The summed E-state index contributed by atoms with van der Waals surface area (Å²) in [4.78, 5) is 2.23. The van der Waals surface area contributed by atoms with Crippen LogP contribution in [0, 0.1) is 18.3 Å². The number of aliphatic hydroxyl groups excluding tert-OH is 1. The molecule has 0 unspecified atom stereocenters. The number of methoxy groups -OCH3 is 1. The summed E-state index contributed by atoms with van der Waals surface area (Å²) in [6.45, 7) is 7.05. The Balaban J connectivity index is 2.61. The Kier molecular flexibility index (Phi) is 8.61. The molecule has 0 aliphatic heterocycles. The van der Waals surface area contributed by atoms with Gasteiger partial charge in [0.2, 0.25) is 0 Å². The minimum atomic E-state index is -0.544. The Morgan fingerprint density at radius 3 is 2.73 bits per heavy atom. The van der Waals surface area contributed by atoms with E-state index in [0.717, 1.165) is 24.4 Å². The van der Waals surface area contributed by atoms with E-state index < -0.39 is 6.10 Å². The van der Waals surface area contributed by atoms with Crippen LogP contribution in [0.15, 0.2) is 24.3 Å². The van der Waals surface area contributed by atoms with Crippen LogP contribution in [0.5, 0.6) is 5.75 Å². The molecule has 0 amide bonds. The molecule has 1 aromatic carbocycles. The molecule has 0 aromatic heterocycles. The van der Waals surface area contributed by atoms with Crippen LogP contribution in [0.1, 0.15) is 19.4 Å². The van der Waals surface area contributed by atoms with Crippen LogP contribution >= 0.6 is 0 Å². The summed E-state index contributed by atoms with van der Waals surface area (Å²) in [5.74, 6) is 3.77. The molecule has 0 saturated heterocycles. The highest BCUT2D eigenvalue weighted by atomic mass is 16.5. The second kappa shape index (κ2) is 10.2. The van der Waals surface area contributed by atoms with Crippen molar-refractivity contribution in [2.24, 2.45) is 5.92 Å². The summed E-state index contributed by atoms with van der Waals surface area (Å²) in [5, 5.41) is 10.1. The van der Waals surface area contributed by atoms with E-state index in [1.807, 2.05) is 18.2 Å². The highest BCUT2D eigenvalue weighted by Crippen LogP contribution is 2.15. The van der Waals surface area contributed by atoms with Crippen molar-refractivity contribution in [1.82, 2.24) is 4.90 Å². The molecule has 1 N–H and O–H groups in total. The summed E-state index contributed by atoms with van der Waals surface area (Å²) in [6.07, 6.45) is 4.59. The van der Waals surface area contributed by atoms with E-state index in [1.165, 1.54) is 0 Å². The van der Waals surface area contributed by atoms with Crippen molar-refractivity contribution in [1.29, 1.82) is 0 Å². The maximum absolute atomic E-state index is 10.1. The lowest BCUT2D eigenvalue weighted by atomic mass is 10.1. The number of hydrogen-bond donors (Lipinski definition) is 1. The van der Waals surface area contributed by atoms with Gasteiger partial charge in [-0.1, -0.05) is 31.9 Å². The number of benzene rings is 1. The standard InChI is InChI=1S/C18H27NO3/c1-5-9-22-14-17(20)13-19(11-15(2)3)12-16-7-6-8-18(10-16)21-4/h1,6-8,10,15,17,20H,9,11-14H2,2-4H3/t17-/m1/s1. The van der Waals surface area contributed by atoms with Crippen molar-refractivity contribution in [3.05, 3.63) is 29.8 Å². The Labute approximate surface area is 134 Å². The number of rotatable bonds is 10. The molecule has 0 saturated carbocycles. The Hall–Kier alpha value is -1.54. The highest BCUT2D eigenvalue weighted by Gasteiger charge is 2.14. The van der Waals surface area contributed by atoms with Gasteiger partial charge in [-0.05, 0) is 23.6 Å². The number of hydrogen-bond acceptors (Lipinski definition) is 4. The first kappa shape index (κ1) is 18.5. The largest absolute Gasteiger partial charge is 0.497 e. The van der Waals surface area contributed by atoms with E-state index in [4.69, 9.17) is 15.9 Å². The topological polar surface area (TPSA) is 41.9 Å². The van der Waals surface area contributed by atoms with Gasteiger partial charge in [-0.25, -0.2) is 0 Å². The summed E-state index contributed by atoms with van der Waals surface area (Å²) < 4.78 is 10.5. The van der Waals surface area contributed by atoms with Gasteiger partial charge in [0.05, 0.1) is 19.8 Å².